The van der Waals surface area contributed by atoms with Crippen LogP contribution in [0.25, 0.3) is 0 Å². The molecule has 18 heavy (non-hydrogen) atoms. The van der Waals surface area contributed by atoms with Crippen LogP contribution in [0, 0.1) is 23.7 Å². The van der Waals surface area contributed by atoms with Gasteiger partial charge in [-0.25, -0.2) is 0 Å². The molecule has 1 aliphatic heterocycles. The van der Waals surface area contributed by atoms with Crippen LogP contribution in [0.4, 0.5) is 0 Å². The number of rotatable bonds is 6. The molecule has 3 aliphatic rings. The zero-order valence-corrected chi connectivity index (χ0v) is 12.0. The van der Waals surface area contributed by atoms with E-state index in [-0.39, 0.29) is 0 Å². The predicted octanol–water partition coefficient (Wildman–Crippen LogP) is 2.74. The maximum atomic E-state index is 3.47. The van der Waals surface area contributed by atoms with E-state index >= 15 is 0 Å². The minimum atomic E-state index is 0.973. The Bertz CT molecular complexity index is 260. The second-order valence-electron chi connectivity index (χ2n) is 7.20. The van der Waals surface area contributed by atoms with E-state index in [0.717, 1.165) is 23.7 Å². The Morgan fingerprint density at radius 3 is 2.78 bits per heavy atom. The molecule has 1 N–H and O–H groups in total. The van der Waals surface area contributed by atoms with Gasteiger partial charge in [-0.2, -0.15) is 0 Å². The molecule has 2 bridgehead atoms. The molecule has 1 saturated heterocycles. The van der Waals surface area contributed by atoms with E-state index in [2.05, 4.69) is 17.3 Å². The lowest BCUT2D eigenvalue weighted by molar-refractivity contribution is 0.214. The highest BCUT2D eigenvalue weighted by Crippen LogP contribution is 2.48. The molecule has 3 fully saturated rings. The lowest BCUT2D eigenvalue weighted by atomic mass is 9.88. The molecule has 0 amide bonds. The van der Waals surface area contributed by atoms with Crippen molar-refractivity contribution in [2.45, 2.75) is 44.9 Å². The quantitative estimate of drug-likeness (QED) is 0.780. The van der Waals surface area contributed by atoms with Gasteiger partial charge in [0.15, 0.2) is 0 Å². The summed E-state index contributed by atoms with van der Waals surface area (Å²) in [4.78, 5) is 2.62. The first kappa shape index (κ1) is 12.9. The molecular weight excluding hydrogens is 220 g/mol. The van der Waals surface area contributed by atoms with E-state index in [1.165, 1.54) is 51.9 Å². The number of hydrogen-bond donors (Lipinski definition) is 1. The summed E-state index contributed by atoms with van der Waals surface area (Å²) < 4.78 is 0. The van der Waals surface area contributed by atoms with E-state index in [9.17, 15) is 0 Å². The fourth-order valence-corrected chi connectivity index (χ4v) is 4.70. The van der Waals surface area contributed by atoms with Crippen LogP contribution < -0.4 is 5.32 Å². The minimum absolute atomic E-state index is 0.973. The lowest BCUT2D eigenvalue weighted by Gasteiger charge is -2.27. The Hall–Kier alpha value is -0.0800. The van der Waals surface area contributed by atoms with Crippen molar-refractivity contribution in [3.05, 3.63) is 0 Å². The number of hydrogen-bond acceptors (Lipinski definition) is 2. The molecule has 2 aliphatic carbocycles. The first-order chi connectivity index (χ1) is 8.81. The highest BCUT2D eigenvalue weighted by Gasteiger charge is 2.39. The molecule has 4 atom stereocenters. The van der Waals surface area contributed by atoms with Gasteiger partial charge in [-0.15, -0.1) is 0 Å². The normalized spacial score (nSPS) is 39.0. The van der Waals surface area contributed by atoms with Gasteiger partial charge in [0, 0.05) is 6.54 Å². The molecule has 2 saturated carbocycles. The Morgan fingerprint density at radius 2 is 2.11 bits per heavy atom. The molecule has 3 rings (SSSR count). The maximum Gasteiger partial charge on any atom is 0.000936 e. The molecule has 0 spiro atoms. The van der Waals surface area contributed by atoms with Gasteiger partial charge in [-0.1, -0.05) is 6.42 Å². The lowest BCUT2D eigenvalue weighted by Crippen LogP contribution is -2.29. The van der Waals surface area contributed by atoms with Crippen LogP contribution in [0.15, 0.2) is 0 Å². The summed E-state index contributed by atoms with van der Waals surface area (Å²) in [7, 11) is 2.35. The molecule has 1 heterocycles. The van der Waals surface area contributed by atoms with Crippen LogP contribution in [0.2, 0.25) is 0 Å². The fraction of sp³-hybridized carbons (Fsp3) is 1.00. The van der Waals surface area contributed by atoms with E-state index < -0.39 is 0 Å². The van der Waals surface area contributed by atoms with Crippen molar-refractivity contribution in [3.8, 4) is 0 Å². The average molecular weight is 250 g/mol. The van der Waals surface area contributed by atoms with Gasteiger partial charge in [-0.3, -0.25) is 0 Å². The van der Waals surface area contributed by atoms with Crippen molar-refractivity contribution in [1.82, 2.24) is 10.2 Å². The van der Waals surface area contributed by atoms with Crippen LogP contribution in [-0.4, -0.2) is 38.1 Å². The van der Waals surface area contributed by atoms with Crippen molar-refractivity contribution < 1.29 is 0 Å². The zero-order valence-electron chi connectivity index (χ0n) is 12.0. The first-order valence-corrected chi connectivity index (χ1v) is 8.20. The number of fused-ring (bicyclic) bond motifs is 2. The van der Waals surface area contributed by atoms with Crippen LogP contribution >= 0.6 is 0 Å². The summed E-state index contributed by atoms with van der Waals surface area (Å²) in [5, 5.41) is 3.47. The molecule has 104 valence electrons. The van der Waals surface area contributed by atoms with Crippen LogP contribution in [0.5, 0.6) is 0 Å². The molecule has 0 radical (unpaired) electrons. The molecule has 2 nitrogen and oxygen atoms in total. The van der Waals surface area contributed by atoms with Gasteiger partial charge in [0.05, 0.1) is 0 Å². The highest BCUT2D eigenvalue weighted by molar-refractivity contribution is 4.90. The molecule has 0 aromatic rings. The highest BCUT2D eigenvalue weighted by atomic mass is 15.1. The third kappa shape index (κ3) is 3.08. The smallest absolute Gasteiger partial charge is 0.000936 e. The third-order valence-electron chi connectivity index (χ3n) is 5.75. The molecule has 4 unspecified atom stereocenters. The maximum absolute atomic E-state index is 3.47. The second kappa shape index (κ2) is 5.92. The van der Waals surface area contributed by atoms with Crippen LogP contribution in [-0.2, 0) is 0 Å². The number of nitrogens with one attached hydrogen (secondary N) is 1. The largest absolute Gasteiger partial charge is 0.316 e. The van der Waals surface area contributed by atoms with E-state index in [0.29, 0.717) is 0 Å². The Morgan fingerprint density at radius 1 is 1.17 bits per heavy atom. The summed E-state index contributed by atoms with van der Waals surface area (Å²) in [6, 6.07) is 0. The zero-order chi connectivity index (χ0) is 12.4. The van der Waals surface area contributed by atoms with Gasteiger partial charge < -0.3 is 10.2 Å². The summed E-state index contributed by atoms with van der Waals surface area (Å²) >= 11 is 0. The van der Waals surface area contributed by atoms with Gasteiger partial charge in [0.1, 0.15) is 0 Å². The summed E-state index contributed by atoms with van der Waals surface area (Å²) in [6.07, 6.45) is 10.4. The van der Waals surface area contributed by atoms with Crippen molar-refractivity contribution in [1.29, 1.82) is 0 Å². The predicted molar refractivity (Wildman–Crippen MR) is 76.6 cm³/mol. The molecular formula is C16H30N2. The standard InChI is InChI=1S/C16H30N2/c1-18(8-2-3-13-6-7-17-11-13)12-16-10-14-4-5-15(16)9-14/h13-17H,2-12H2,1H3. The van der Waals surface area contributed by atoms with Gasteiger partial charge in [0.25, 0.3) is 0 Å². The summed E-state index contributed by atoms with van der Waals surface area (Å²) in [6.45, 7) is 5.23. The Balaban J connectivity index is 1.31. The molecule has 2 heteroatoms. The van der Waals surface area contributed by atoms with Crippen molar-refractivity contribution in [2.75, 3.05) is 33.2 Å². The van der Waals surface area contributed by atoms with E-state index in [4.69, 9.17) is 0 Å². The van der Waals surface area contributed by atoms with Crippen molar-refractivity contribution >= 4 is 0 Å². The van der Waals surface area contributed by atoms with Crippen LogP contribution in [0.3, 0.4) is 0 Å². The first-order valence-electron chi connectivity index (χ1n) is 8.20. The average Bonchev–Trinajstić information content (AvgIpc) is 3.04. The monoisotopic (exact) mass is 250 g/mol. The van der Waals surface area contributed by atoms with Gasteiger partial charge >= 0.3 is 0 Å². The number of nitrogens with zero attached hydrogens (tertiary/aromatic N) is 1. The third-order valence-corrected chi connectivity index (χ3v) is 5.75. The van der Waals surface area contributed by atoms with Crippen LogP contribution in [0.1, 0.15) is 44.9 Å². The van der Waals surface area contributed by atoms with E-state index in [1.54, 1.807) is 19.3 Å². The topological polar surface area (TPSA) is 15.3 Å². The van der Waals surface area contributed by atoms with E-state index in [1.807, 2.05) is 0 Å². The van der Waals surface area contributed by atoms with Crippen molar-refractivity contribution in [3.63, 3.8) is 0 Å². The SMILES string of the molecule is CN(CCCC1CCNC1)CC1CC2CCC1C2. The second-order valence-corrected chi connectivity index (χ2v) is 7.20. The van der Waals surface area contributed by atoms with Gasteiger partial charge in [-0.05, 0) is 88.9 Å². The molecule has 0 aromatic heterocycles. The van der Waals surface area contributed by atoms with Gasteiger partial charge in [0.2, 0.25) is 0 Å². The summed E-state index contributed by atoms with van der Waals surface area (Å²) in [5.41, 5.74) is 0. The molecule has 0 aromatic carbocycles. The Kier molecular flexibility index (Phi) is 4.25. The van der Waals surface area contributed by atoms with Crippen molar-refractivity contribution in [2.24, 2.45) is 23.7 Å². The minimum Gasteiger partial charge on any atom is -0.316 e. The fourth-order valence-electron chi connectivity index (χ4n) is 4.70. The summed E-state index contributed by atoms with van der Waals surface area (Å²) in [5.74, 6) is 4.22. The Labute approximate surface area is 113 Å².